The molecule has 12 heteroatoms. The van der Waals surface area contributed by atoms with E-state index in [0.717, 1.165) is 12.8 Å². The van der Waals surface area contributed by atoms with Gasteiger partial charge in [-0.25, -0.2) is 0 Å². The minimum Gasteiger partial charge on any atom is -0.507 e. The maximum Gasteiger partial charge on any atom is 0.202 e. The van der Waals surface area contributed by atoms with E-state index in [2.05, 4.69) is 6.92 Å². The number of Topliss-reactive ketones (excluding diaryl/α,β-unsaturated/α-hetero) is 1. The zero-order valence-corrected chi connectivity index (χ0v) is 26.0. The van der Waals surface area contributed by atoms with Crippen molar-refractivity contribution in [1.29, 1.82) is 0 Å². The van der Waals surface area contributed by atoms with Gasteiger partial charge in [-0.15, -0.1) is 0 Å². The summed E-state index contributed by atoms with van der Waals surface area (Å²) in [6.45, 7) is 6.48. The van der Waals surface area contributed by atoms with E-state index in [1.54, 1.807) is 6.92 Å². The molecular formula is C33H41NO11. The lowest BCUT2D eigenvalue weighted by molar-refractivity contribution is -0.254. The van der Waals surface area contributed by atoms with Crippen molar-refractivity contribution in [1.82, 2.24) is 0 Å². The molecule has 2 aromatic carbocycles. The fourth-order valence-corrected chi connectivity index (χ4v) is 6.50. The molecule has 1 saturated heterocycles. The van der Waals surface area contributed by atoms with Crippen LogP contribution in [0.2, 0.25) is 0 Å². The van der Waals surface area contributed by atoms with Crippen molar-refractivity contribution in [2.45, 2.75) is 89.1 Å². The van der Waals surface area contributed by atoms with Crippen molar-refractivity contribution in [2.24, 2.45) is 5.73 Å². The second-order valence-corrected chi connectivity index (χ2v) is 11.9. The summed E-state index contributed by atoms with van der Waals surface area (Å²) in [6.07, 6.45) is -1.65. The number of nitrogens with two attached hydrogens (primary N) is 1. The third kappa shape index (κ3) is 5.98. The lowest BCUT2D eigenvalue weighted by atomic mass is 9.72. The van der Waals surface area contributed by atoms with E-state index in [1.807, 2.05) is 0 Å². The molecule has 0 saturated carbocycles. The summed E-state index contributed by atoms with van der Waals surface area (Å²) < 4.78 is 29.2. The molecule has 5 N–H and O–H groups in total. The maximum absolute atomic E-state index is 13.8. The van der Waals surface area contributed by atoms with Gasteiger partial charge in [-0.05, 0) is 26.3 Å². The number of phenols is 2. The molecule has 1 heterocycles. The van der Waals surface area contributed by atoms with Crippen LogP contribution < -0.4 is 10.5 Å². The molecule has 12 nitrogen and oxygen atoms in total. The van der Waals surface area contributed by atoms with Crippen molar-refractivity contribution < 1.29 is 53.4 Å². The van der Waals surface area contributed by atoms with Crippen molar-refractivity contribution in [3.63, 3.8) is 0 Å². The van der Waals surface area contributed by atoms with Gasteiger partial charge < -0.3 is 44.7 Å². The highest BCUT2D eigenvalue weighted by atomic mass is 16.7. The van der Waals surface area contributed by atoms with Crippen LogP contribution in [-0.4, -0.2) is 89.7 Å². The molecular weight excluding hydrogens is 586 g/mol. The molecule has 0 spiro atoms. The molecule has 3 unspecified atom stereocenters. The van der Waals surface area contributed by atoms with E-state index >= 15 is 0 Å². The molecule has 0 amide bonds. The van der Waals surface area contributed by atoms with E-state index in [0.29, 0.717) is 19.8 Å². The smallest absolute Gasteiger partial charge is 0.202 e. The number of ketones is 3. The molecule has 2 aromatic rings. The van der Waals surface area contributed by atoms with Crippen LogP contribution in [-0.2, 0) is 30.2 Å². The van der Waals surface area contributed by atoms with Crippen LogP contribution in [0, 0.1) is 0 Å². The molecule has 0 aromatic heterocycles. The van der Waals surface area contributed by atoms with Crippen molar-refractivity contribution in [3.8, 4) is 17.2 Å². The minimum absolute atomic E-state index is 0.00480. The summed E-state index contributed by atoms with van der Waals surface area (Å²) in [7, 11) is 1.35. The van der Waals surface area contributed by atoms with Crippen LogP contribution in [0.1, 0.15) is 95.5 Å². The summed E-state index contributed by atoms with van der Waals surface area (Å²) in [5.41, 5.74) is 3.53. The number of carbonyl (C=O) groups excluding carboxylic acids is 3. The monoisotopic (exact) mass is 627 g/mol. The van der Waals surface area contributed by atoms with Crippen molar-refractivity contribution >= 4 is 17.3 Å². The number of unbranched alkanes of at least 4 members (excludes halogenated alkanes) is 1. The summed E-state index contributed by atoms with van der Waals surface area (Å²) in [4.78, 5) is 40.1. The molecule has 0 radical (unpaired) electrons. The quantitative estimate of drug-likeness (QED) is 0.180. The van der Waals surface area contributed by atoms with Gasteiger partial charge in [0.25, 0.3) is 0 Å². The molecule has 0 bridgehead atoms. The van der Waals surface area contributed by atoms with E-state index < -0.39 is 82.6 Å². The standard InChI is InChI=1S/C33H41NO11/c1-5-6-10-42-11-12-43-32-16(2)44-23(13-20(32)34)45-22-15-33(40,17(3)35)14-19-25(22)31(39)27-26(29(19)37)28(36)18-8-7-9-21(41-4)24(18)30(27)38/h7-9,16,20,22-23,32,37,39-40H,5-6,10-15,34H2,1-4H3/t16-,20-,22?,23-,32?,33?/m1/s1. The van der Waals surface area contributed by atoms with Crippen LogP contribution in [0.15, 0.2) is 18.2 Å². The highest BCUT2D eigenvalue weighted by Gasteiger charge is 2.49. The Morgan fingerprint density at radius 1 is 1.09 bits per heavy atom. The van der Waals surface area contributed by atoms with E-state index in [1.165, 1.54) is 32.2 Å². The SMILES string of the molecule is CCCCOCCOC1[C@H](N)C[C@@H](OC2CC(O)(C(C)=O)Cc3c(O)c4c(c(O)c32)C(=O)c2c(OC)cccc2C4=O)O[C@@H]1C. The summed E-state index contributed by atoms with van der Waals surface area (Å²) >= 11 is 0. The number of aromatic hydroxyl groups is 2. The Morgan fingerprint density at radius 3 is 2.49 bits per heavy atom. The van der Waals surface area contributed by atoms with E-state index in [9.17, 15) is 29.7 Å². The summed E-state index contributed by atoms with van der Waals surface area (Å²) in [5.74, 6) is -3.08. The Bertz CT molecular complexity index is 1480. The number of hydrogen-bond acceptors (Lipinski definition) is 12. The molecule has 45 heavy (non-hydrogen) atoms. The predicted molar refractivity (Wildman–Crippen MR) is 160 cm³/mol. The Balaban J connectivity index is 1.46. The first-order valence-electron chi connectivity index (χ1n) is 15.3. The Hall–Kier alpha value is -3.39. The molecule has 244 valence electrons. The number of fused-ring (bicyclic) bond motifs is 3. The number of aliphatic hydroxyl groups is 1. The van der Waals surface area contributed by atoms with Gasteiger partial charge in [0.15, 0.2) is 17.9 Å². The van der Waals surface area contributed by atoms with Crippen LogP contribution >= 0.6 is 0 Å². The number of rotatable bonds is 11. The van der Waals surface area contributed by atoms with Crippen LogP contribution in [0.3, 0.4) is 0 Å². The second kappa shape index (κ2) is 13.1. The Labute approximate surface area is 261 Å². The lowest BCUT2D eigenvalue weighted by Crippen LogP contribution is -2.54. The van der Waals surface area contributed by atoms with Gasteiger partial charge in [-0.3, -0.25) is 14.4 Å². The predicted octanol–water partition coefficient (Wildman–Crippen LogP) is 2.87. The average molecular weight is 628 g/mol. The van der Waals surface area contributed by atoms with Gasteiger partial charge in [0.1, 0.15) is 22.8 Å². The number of hydrogen-bond donors (Lipinski definition) is 4. The fourth-order valence-electron chi connectivity index (χ4n) is 6.50. The van der Waals surface area contributed by atoms with Crippen molar-refractivity contribution in [3.05, 3.63) is 51.6 Å². The van der Waals surface area contributed by atoms with Crippen LogP contribution in [0.25, 0.3) is 0 Å². The highest BCUT2D eigenvalue weighted by molar-refractivity contribution is 6.31. The number of benzene rings is 2. The van der Waals surface area contributed by atoms with Gasteiger partial charge in [0.05, 0.1) is 55.3 Å². The fraction of sp³-hybridized carbons (Fsp3) is 0.545. The van der Waals surface area contributed by atoms with E-state index in [-0.39, 0.29) is 40.8 Å². The summed E-state index contributed by atoms with van der Waals surface area (Å²) in [6, 6.07) is 3.98. The van der Waals surface area contributed by atoms with Gasteiger partial charge >= 0.3 is 0 Å². The third-order valence-electron chi connectivity index (χ3n) is 8.94. The Kier molecular flexibility index (Phi) is 9.64. The molecule has 6 atom stereocenters. The number of methoxy groups -OCH3 is 1. The zero-order chi connectivity index (χ0) is 32.6. The average Bonchev–Trinajstić information content (AvgIpc) is 2.99. The first-order valence-corrected chi connectivity index (χ1v) is 15.3. The molecule has 5 rings (SSSR count). The van der Waals surface area contributed by atoms with Crippen LogP contribution in [0.4, 0.5) is 0 Å². The van der Waals surface area contributed by atoms with Gasteiger partial charge in [-0.1, -0.05) is 25.5 Å². The minimum atomic E-state index is -2.00. The normalized spacial score (nSPS) is 27.5. The molecule has 3 aliphatic rings. The summed E-state index contributed by atoms with van der Waals surface area (Å²) in [5, 5.41) is 34.5. The first-order chi connectivity index (χ1) is 21.4. The highest BCUT2D eigenvalue weighted by Crippen LogP contribution is 2.52. The van der Waals surface area contributed by atoms with Gasteiger partial charge in [-0.2, -0.15) is 0 Å². The largest absolute Gasteiger partial charge is 0.507 e. The molecule has 2 aliphatic carbocycles. The molecule has 1 fully saturated rings. The third-order valence-corrected chi connectivity index (χ3v) is 8.94. The number of ether oxygens (including phenoxy) is 5. The number of phenolic OH excluding ortho intramolecular Hbond substituents is 2. The van der Waals surface area contributed by atoms with Crippen molar-refractivity contribution in [2.75, 3.05) is 26.9 Å². The lowest BCUT2D eigenvalue weighted by Gasteiger charge is -2.43. The maximum atomic E-state index is 13.8. The van der Waals surface area contributed by atoms with Crippen LogP contribution in [0.5, 0.6) is 17.2 Å². The molecule has 1 aliphatic heterocycles. The zero-order valence-electron chi connectivity index (χ0n) is 26.0. The van der Waals surface area contributed by atoms with E-state index in [4.69, 9.17) is 29.4 Å². The topological polar surface area (TPSA) is 184 Å². The first kappa shape index (κ1) is 33.0. The second-order valence-electron chi connectivity index (χ2n) is 11.9. The Morgan fingerprint density at radius 2 is 1.82 bits per heavy atom. The number of carbonyl (C=O) groups is 3. The van der Waals surface area contributed by atoms with Gasteiger partial charge in [0, 0.05) is 48.6 Å². The van der Waals surface area contributed by atoms with Gasteiger partial charge in [0.2, 0.25) is 5.78 Å².